The summed E-state index contributed by atoms with van der Waals surface area (Å²) in [6, 6.07) is 6.39. The van der Waals surface area contributed by atoms with Crippen molar-refractivity contribution in [2.45, 2.75) is 45.2 Å². The van der Waals surface area contributed by atoms with Crippen LogP contribution in [-0.4, -0.2) is 18.2 Å². The molecule has 24 heavy (non-hydrogen) atoms. The zero-order valence-electron chi connectivity index (χ0n) is 14.2. The number of rotatable bonds is 6. The van der Waals surface area contributed by atoms with Crippen molar-refractivity contribution in [1.82, 2.24) is 10.3 Å². The largest absolute Gasteiger partial charge is 0.486 e. The summed E-state index contributed by atoms with van der Waals surface area (Å²) >= 11 is 0. The van der Waals surface area contributed by atoms with E-state index in [1.54, 1.807) is 0 Å². The minimum atomic E-state index is 0.206. The number of hydrogen-bond acceptors (Lipinski definition) is 5. The van der Waals surface area contributed by atoms with Crippen LogP contribution in [0.2, 0.25) is 0 Å². The van der Waals surface area contributed by atoms with Gasteiger partial charge in [0.15, 0.2) is 11.5 Å². The summed E-state index contributed by atoms with van der Waals surface area (Å²) in [6.45, 7) is 6.27. The molecule has 4 rings (SSSR count). The van der Waals surface area contributed by atoms with E-state index in [1.165, 1.54) is 18.4 Å². The predicted octanol–water partition coefficient (Wildman–Crippen LogP) is 3.81. The molecule has 0 unspecified atom stereocenters. The van der Waals surface area contributed by atoms with E-state index < -0.39 is 0 Å². The lowest BCUT2D eigenvalue weighted by atomic mass is 9.95. The molecular weight excluding hydrogens is 304 g/mol. The summed E-state index contributed by atoms with van der Waals surface area (Å²) in [4.78, 5) is 4.40. The Labute approximate surface area is 142 Å². The first-order valence-electron chi connectivity index (χ1n) is 8.78. The second-order valence-corrected chi connectivity index (χ2v) is 6.94. The Hall–Kier alpha value is -2.01. The highest BCUT2D eigenvalue weighted by atomic mass is 16.6. The predicted molar refractivity (Wildman–Crippen MR) is 90.3 cm³/mol. The van der Waals surface area contributed by atoms with E-state index in [-0.39, 0.29) is 6.04 Å². The fourth-order valence-electron chi connectivity index (χ4n) is 3.15. The van der Waals surface area contributed by atoms with E-state index >= 15 is 0 Å². The molecule has 0 spiro atoms. The monoisotopic (exact) mass is 328 g/mol. The van der Waals surface area contributed by atoms with Gasteiger partial charge in [0.1, 0.15) is 19.0 Å². The molecule has 1 fully saturated rings. The van der Waals surface area contributed by atoms with Crippen LogP contribution in [0.3, 0.4) is 0 Å². The minimum Gasteiger partial charge on any atom is -0.486 e. The summed E-state index contributed by atoms with van der Waals surface area (Å²) < 4.78 is 17.2. The first kappa shape index (κ1) is 15.5. The fraction of sp³-hybridized carbons (Fsp3) is 0.526. The second-order valence-electron chi connectivity index (χ2n) is 6.94. The van der Waals surface area contributed by atoms with Crippen molar-refractivity contribution < 1.29 is 13.9 Å². The molecule has 5 heteroatoms. The van der Waals surface area contributed by atoms with Gasteiger partial charge in [-0.15, -0.1) is 0 Å². The van der Waals surface area contributed by atoms with Crippen LogP contribution >= 0.6 is 0 Å². The number of fused-ring (bicyclic) bond motifs is 1. The molecule has 2 aromatic rings. The highest BCUT2D eigenvalue weighted by molar-refractivity contribution is 5.44. The quantitative estimate of drug-likeness (QED) is 0.874. The first-order chi connectivity index (χ1) is 11.7. The van der Waals surface area contributed by atoms with Gasteiger partial charge in [-0.05, 0) is 36.5 Å². The molecule has 1 aromatic heterocycles. The number of nitrogens with zero attached hydrogens (tertiary/aromatic N) is 1. The van der Waals surface area contributed by atoms with E-state index in [0.717, 1.165) is 23.1 Å². The molecular formula is C19H24N2O3. The molecule has 0 bridgehead atoms. The maximum atomic E-state index is 5.85. The van der Waals surface area contributed by atoms with Crippen molar-refractivity contribution in [3.8, 4) is 11.5 Å². The Morgan fingerprint density at radius 3 is 2.71 bits per heavy atom. The van der Waals surface area contributed by atoms with E-state index in [4.69, 9.17) is 13.9 Å². The molecule has 0 saturated heterocycles. The van der Waals surface area contributed by atoms with Crippen LogP contribution in [0, 0.1) is 5.92 Å². The molecule has 1 atom stereocenters. The van der Waals surface area contributed by atoms with Crippen LogP contribution < -0.4 is 14.8 Å². The van der Waals surface area contributed by atoms with Crippen LogP contribution in [0.1, 0.15) is 55.9 Å². The molecule has 1 aliphatic heterocycles. The van der Waals surface area contributed by atoms with Gasteiger partial charge in [0.25, 0.3) is 0 Å². The van der Waals surface area contributed by atoms with Crippen molar-refractivity contribution in [3.05, 3.63) is 41.6 Å². The molecule has 1 aromatic carbocycles. The highest BCUT2D eigenvalue weighted by Gasteiger charge is 2.27. The molecule has 5 nitrogen and oxygen atoms in total. The van der Waals surface area contributed by atoms with Gasteiger partial charge in [0, 0.05) is 12.0 Å². The summed E-state index contributed by atoms with van der Waals surface area (Å²) in [5, 5.41) is 3.58. The average Bonchev–Trinajstić information content (AvgIpc) is 3.34. The Morgan fingerprint density at radius 1 is 1.17 bits per heavy atom. The van der Waals surface area contributed by atoms with Gasteiger partial charge in [-0.1, -0.05) is 19.9 Å². The van der Waals surface area contributed by atoms with Gasteiger partial charge < -0.3 is 19.2 Å². The standard InChI is InChI=1S/C19H24N2O3/c1-12(2)19(14-5-6-15-16(9-14)23-8-7-22-15)21-11-18-20-10-17(24-18)13-3-4-13/h5-6,9-10,12-13,19,21H,3-4,7-8,11H2,1-2H3/t19-/m0/s1. The summed E-state index contributed by atoms with van der Waals surface area (Å²) in [7, 11) is 0. The number of aromatic nitrogens is 1. The van der Waals surface area contributed by atoms with Crippen LogP contribution in [0.15, 0.2) is 28.8 Å². The number of nitrogens with one attached hydrogen (secondary N) is 1. The second kappa shape index (κ2) is 6.48. The zero-order chi connectivity index (χ0) is 16.5. The maximum Gasteiger partial charge on any atom is 0.208 e. The molecule has 1 saturated carbocycles. The van der Waals surface area contributed by atoms with E-state index in [9.17, 15) is 0 Å². The van der Waals surface area contributed by atoms with Gasteiger partial charge in [-0.2, -0.15) is 0 Å². The topological polar surface area (TPSA) is 56.5 Å². The van der Waals surface area contributed by atoms with E-state index in [1.807, 2.05) is 12.3 Å². The Bertz CT molecular complexity index is 706. The van der Waals surface area contributed by atoms with Gasteiger partial charge in [0.2, 0.25) is 5.89 Å². The normalized spacial score (nSPS) is 18.0. The lowest BCUT2D eigenvalue weighted by Crippen LogP contribution is -2.26. The zero-order valence-corrected chi connectivity index (χ0v) is 14.2. The van der Waals surface area contributed by atoms with Crippen LogP contribution in [0.5, 0.6) is 11.5 Å². The van der Waals surface area contributed by atoms with Crippen molar-refractivity contribution in [1.29, 1.82) is 0 Å². The third kappa shape index (κ3) is 3.26. The molecule has 2 heterocycles. The number of hydrogen-bond donors (Lipinski definition) is 1. The Kier molecular flexibility index (Phi) is 4.19. The van der Waals surface area contributed by atoms with Crippen molar-refractivity contribution >= 4 is 0 Å². The first-order valence-corrected chi connectivity index (χ1v) is 8.78. The molecule has 1 aliphatic carbocycles. The smallest absolute Gasteiger partial charge is 0.208 e. The summed E-state index contributed by atoms with van der Waals surface area (Å²) in [6.07, 6.45) is 4.34. The summed E-state index contributed by atoms with van der Waals surface area (Å²) in [5.74, 6) is 4.50. The van der Waals surface area contributed by atoms with Crippen LogP contribution in [0.25, 0.3) is 0 Å². The van der Waals surface area contributed by atoms with Crippen LogP contribution in [0.4, 0.5) is 0 Å². The van der Waals surface area contributed by atoms with Crippen molar-refractivity contribution in [2.24, 2.45) is 5.92 Å². The van der Waals surface area contributed by atoms with Crippen molar-refractivity contribution in [3.63, 3.8) is 0 Å². The minimum absolute atomic E-state index is 0.206. The van der Waals surface area contributed by atoms with Gasteiger partial charge in [-0.3, -0.25) is 0 Å². The SMILES string of the molecule is CC(C)[C@H](NCc1ncc(C2CC2)o1)c1ccc2c(c1)OCCO2. The molecule has 0 radical (unpaired) electrons. The Morgan fingerprint density at radius 2 is 1.96 bits per heavy atom. The van der Waals surface area contributed by atoms with E-state index in [2.05, 4.69) is 36.3 Å². The Balaban J connectivity index is 1.47. The summed E-state index contributed by atoms with van der Waals surface area (Å²) in [5.41, 5.74) is 1.20. The third-order valence-corrected chi connectivity index (χ3v) is 4.62. The molecule has 0 amide bonds. The highest BCUT2D eigenvalue weighted by Crippen LogP contribution is 2.40. The number of oxazole rings is 1. The van der Waals surface area contributed by atoms with Gasteiger partial charge >= 0.3 is 0 Å². The molecule has 128 valence electrons. The number of benzene rings is 1. The lowest BCUT2D eigenvalue weighted by Gasteiger charge is -2.25. The average molecular weight is 328 g/mol. The third-order valence-electron chi connectivity index (χ3n) is 4.62. The number of ether oxygens (including phenoxy) is 2. The lowest BCUT2D eigenvalue weighted by molar-refractivity contribution is 0.171. The fourth-order valence-corrected chi connectivity index (χ4v) is 3.15. The maximum absolute atomic E-state index is 5.85. The molecule has 1 N–H and O–H groups in total. The van der Waals surface area contributed by atoms with Crippen molar-refractivity contribution in [2.75, 3.05) is 13.2 Å². The van der Waals surface area contributed by atoms with Crippen LogP contribution in [-0.2, 0) is 6.54 Å². The van der Waals surface area contributed by atoms with Gasteiger partial charge in [0.05, 0.1) is 12.7 Å². The van der Waals surface area contributed by atoms with Gasteiger partial charge in [-0.25, -0.2) is 4.98 Å². The van der Waals surface area contributed by atoms with E-state index in [0.29, 0.717) is 31.6 Å². The molecule has 2 aliphatic rings.